The molecule has 0 unspecified atom stereocenters. The van der Waals surface area contributed by atoms with Gasteiger partial charge in [-0.3, -0.25) is 4.72 Å². The summed E-state index contributed by atoms with van der Waals surface area (Å²) < 4.78 is 27.8. The average molecular weight is 285 g/mol. The lowest BCUT2D eigenvalue weighted by atomic mass is 10.1. The fourth-order valence-electron chi connectivity index (χ4n) is 1.69. The van der Waals surface area contributed by atoms with Crippen molar-refractivity contribution in [2.45, 2.75) is 26.2 Å². The molecule has 0 amide bonds. The molecule has 3 N–H and O–H groups in total. The molecule has 0 heterocycles. The Morgan fingerprint density at radius 1 is 1.26 bits per heavy atom. The quantitative estimate of drug-likeness (QED) is 0.761. The van der Waals surface area contributed by atoms with E-state index >= 15 is 0 Å². The molecule has 1 aromatic rings. The van der Waals surface area contributed by atoms with Gasteiger partial charge >= 0.3 is 10.2 Å². The van der Waals surface area contributed by atoms with Crippen molar-refractivity contribution < 1.29 is 8.42 Å². The highest BCUT2D eigenvalue weighted by atomic mass is 32.2. The Balaban J connectivity index is 2.67. The van der Waals surface area contributed by atoms with Gasteiger partial charge in [-0.05, 0) is 37.1 Å². The van der Waals surface area contributed by atoms with Crippen molar-refractivity contribution in [3.05, 3.63) is 29.8 Å². The maximum atomic E-state index is 12.0. The number of anilines is 1. The first-order valence-electron chi connectivity index (χ1n) is 6.52. The minimum Gasteiger partial charge on any atom is -0.330 e. The lowest BCUT2D eigenvalue weighted by molar-refractivity contribution is 0.468. The van der Waals surface area contributed by atoms with E-state index in [2.05, 4.69) is 11.6 Å². The highest BCUT2D eigenvalue weighted by Gasteiger charge is 2.16. The van der Waals surface area contributed by atoms with Crippen molar-refractivity contribution in [1.82, 2.24) is 4.31 Å². The fourth-order valence-corrected chi connectivity index (χ4v) is 2.65. The molecule has 0 saturated heterocycles. The van der Waals surface area contributed by atoms with Gasteiger partial charge in [-0.1, -0.05) is 25.5 Å². The molecule has 0 aromatic heterocycles. The number of rotatable bonds is 8. The molecule has 6 heteroatoms. The SMILES string of the molecule is CCCc1ccc(NS(=O)(=O)N(C)CCCN)cc1. The lowest BCUT2D eigenvalue weighted by Crippen LogP contribution is -2.34. The molecule has 0 aliphatic carbocycles. The molecule has 0 aliphatic rings. The van der Waals surface area contributed by atoms with E-state index in [1.54, 1.807) is 19.2 Å². The number of hydrogen-bond donors (Lipinski definition) is 2. The maximum Gasteiger partial charge on any atom is 0.301 e. The first-order chi connectivity index (χ1) is 8.99. The van der Waals surface area contributed by atoms with E-state index < -0.39 is 10.2 Å². The van der Waals surface area contributed by atoms with Crippen LogP contribution in [0.15, 0.2) is 24.3 Å². The molecular weight excluding hydrogens is 262 g/mol. The van der Waals surface area contributed by atoms with Gasteiger partial charge in [0.25, 0.3) is 0 Å². The largest absolute Gasteiger partial charge is 0.330 e. The molecule has 108 valence electrons. The molecule has 0 bridgehead atoms. The molecule has 0 radical (unpaired) electrons. The van der Waals surface area contributed by atoms with E-state index in [0.717, 1.165) is 12.8 Å². The Hall–Kier alpha value is -1.11. The van der Waals surface area contributed by atoms with Gasteiger partial charge in [-0.2, -0.15) is 12.7 Å². The monoisotopic (exact) mass is 285 g/mol. The standard InChI is InChI=1S/C13H23N3O2S/c1-3-5-12-6-8-13(9-7-12)15-19(17,18)16(2)11-4-10-14/h6-9,15H,3-5,10-11,14H2,1-2H3. The molecule has 5 nitrogen and oxygen atoms in total. The van der Waals surface area contributed by atoms with Gasteiger partial charge in [0, 0.05) is 19.3 Å². The molecular formula is C13H23N3O2S. The molecule has 19 heavy (non-hydrogen) atoms. The van der Waals surface area contributed by atoms with Crippen molar-refractivity contribution >= 4 is 15.9 Å². The Morgan fingerprint density at radius 2 is 1.89 bits per heavy atom. The van der Waals surface area contributed by atoms with Gasteiger partial charge in [0.15, 0.2) is 0 Å². The van der Waals surface area contributed by atoms with Crippen LogP contribution in [0.2, 0.25) is 0 Å². The predicted octanol–water partition coefficient (Wildman–Crippen LogP) is 1.58. The topological polar surface area (TPSA) is 75.4 Å². The van der Waals surface area contributed by atoms with Gasteiger partial charge in [-0.25, -0.2) is 0 Å². The number of aryl methyl sites for hydroxylation is 1. The number of nitrogens with one attached hydrogen (secondary N) is 1. The van der Waals surface area contributed by atoms with Crippen LogP contribution in [0.4, 0.5) is 5.69 Å². The predicted molar refractivity (Wildman–Crippen MR) is 79.3 cm³/mol. The number of hydrogen-bond acceptors (Lipinski definition) is 3. The van der Waals surface area contributed by atoms with Gasteiger partial charge in [-0.15, -0.1) is 0 Å². The first kappa shape index (κ1) is 15.9. The molecule has 0 fully saturated rings. The number of benzene rings is 1. The third kappa shape index (κ3) is 5.18. The maximum absolute atomic E-state index is 12.0. The van der Waals surface area contributed by atoms with Crippen molar-refractivity contribution in [1.29, 1.82) is 0 Å². The van der Waals surface area contributed by atoms with E-state index in [4.69, 9.17) is 5.73 Å². The van der Waals surface area contributed by atoms with Crippen LogP contribution in [0.25, 0.3) is 0 Å². The van der Waals surface area contributed by atoms with E-state index in [9.17, 15) is 8.42 Å². The summed E-state index contributed by atoms with van der Waals surface area (Å²) in [6.45, 7) is 3.01. The molecule has 1 rings (SSSR count). The molecule has 0 aliphatic heterocycles. The third-order valence-corrected chi connectivity index (χ3v) is 4.32. The molecule has 0 atom stereocenters. The Bertz CT molecular complexity index is 471. The zero-order valence-electron chi connectivity index (χ0n) is 11.6. The normalized spacial score (nSPS) is 11.8. The van der Waals surface area contributed by atoms with Crippen molar-refractivity contribution in [3.8, 4) is 0 Å². The molecule has 0 spiro atoms. The van der Waals surface area contributed by atoms with Crippen LogP contribution in [0.3, 0.4) is 0 Å². The lowest BCUT2D eigenvalue weighted by Gasteiger charge is -2.18. The zero-order chi connectivity index (χ0) is 14.3. The Morgan fingerprint density at radius 3 is 2.42 bits per heavy atom. The fraction of sp³-hybridized carbons (Fsp3) is 0.538. The van der Waals surface area contributed by atoms with Crippen LogP contribution in [0, 0.1) is 0 Å². The summed E-state index contributed by atoms with van der Waals surface area (Å²) in [4.78, 5) is 0. The first-order valence-corrected chi connectivity index (χ1v) is 7.96. The van der Waals surface area contributed by atoms with Gasteiger partial charge in [0.05, 0.1) is 0 Å². The van der Waals surface area contributed by atoms with Crippen molar-refractivity contribution in [2.75, 3.05) is 24.9 Å². The summed E-state index contributed by atoms with van der Waals surface area (Å²) in [6, 6.07) is 7.47. The number of nitrogens with two attached hydrogens (primary N) is 1. The summed E-state index contributed by atoms with van der Waals surface area (Å²) in [5.41, 5.74) is 7.17. The van der Waals surface area contributed by atoms with Crippen LogP contribution in [0.5, 0.6) is 0 Å². The third-order valence-electron chi connectivity index (χ3n) is 2.83. The second-order valence-corrected chi connectivity index (χ2v) is 6.30. The van der Waals surface area contributed by atoms with Gasteiger partial charge in [0.1, 0.15) is 0 Å². The summed E-state index contributed by atoms with van der Waals surface area (Å²) >= 11 is 0. The summed E-state index contributed by atoms with van der Waals surface area (Å²) in [5, 5.41) is 0. The van der Waals surface area contributed by atoms with Crippen molar-refractivity contribution in [2.24, 2.45) is 5.73 Å². The molecule has 1 aromatic carbocycles. The Labute approximate surface area is 116 Å². The van der Waals surface area contributed by atoms with E-state index in [1.165, 1.54) is 9.87 Å². The molecule has 0 saturated carbocycles. The highest BCUT2D eigenvalue weighted by molar-refractivity contribution is 7.90. The van der Waals surface area contributed by atoms with Crippen LogP contribution in [-0.4, -0.2) is 32.9 Å². The van der Waals surface area contributed by atoms with Crippen LogP contribution >= 0.6 is 0 Å². The van der Waals surface area contributed by atoms with Crippen molar-refractivity contribution in [3.63, 3.8) is 0 Å². The van der Waals surface area contributed by atoms with E-state index in [-0.39, 0.29) is 0 Å². The van der Waals surface area contributed by atoms with Crippen LogP contribution < -0.4 is 10.5 Å². The minimum atomic E-state index is -3.48. The number of nitrogens with zero attached hydrogens (tertiary/aromatic N) is 1. The Kier molecular flexibility index (Phi) is 6.27. The minimum absolute atomic E-state index is 0.416. The van der Waals surface area contributed by atoms with Crippen LogP contribution in [0.1, 0.15) is 25.3 Å². The highest BCUT2D eigenvalue weighted by Crippen LogP contribution is 2.13. The average Bonchev–Trinajstić information content (AvgIpc) is 2.38. The second-order valence-electron chi connectivity index (χ2n) is 4.52. The summed E-state index contributed by atoms with van der Waals surface area (Å²) in [7, 11) is -1.94. The zero-order valence-corrected chi connectivity index (χ0v) is 12.4. The second kappa shape index (κ2) is 7.47. The summed E-state index contributed by atoms with van der Waals surface area (Å²) in [6.07, 6.45) is 2.73. The van der Waals surface area contributed by atoms with E-state index in [1.807, 2.05) is 12.1 Å². The van der Waals surface area contributed by atoms with Gasteiger partial charge in [0.2, 0.25) is 0 Å². The van der Waals surface area contributed by atoms with Gasteiger partial charge < -0.3 is 5.73 Å². The summed E-state index contributed by atoms with van der Waals surface area (Å²) in [5.74, 6) is 0. The van der Waals surface area contributed by atoms with E-state index in [0.29, 0.717) is 25.2 Å². The smallest absolute Gasteiger partial charge is 0.301 e. The van der Waals surface area contributed by atoms with Crippen LogP contribution in [-0.2, 0) is 16.6 Å².